The first-order valence-corrected chi connectivity index (χ1v) is 5.34. The summed E-state index contributed by atoms with van der Waals surface area (Å²) >= 11 is 9.31. The largest absolute Gasteiger partial charge is 0.326 e. The molecule has 0 amide bonds. The molecule has 0 aliphatic carbocycles. The van der Waals surface area contributed by atoms with Crippen LogP contribution in [0, 0.1) is 0 Å². The van der Waals surface area contributed by atoms with E-state index >= 15 is 0 Å². The Morgan fingerprint density at radius 1 is 1.40 bits per heavy atom. The molecule has 0 atom stereocenters. The van der Waals surface area contributed by atoms with Crippen molar-refractivity contribution in [2.45, 2.75) is 0 Å². The fraction of sp³-hybridized carbons (Fsp3) is 0. The summed E-state index contributed by atoms with van der Waals surface area (Å²) in [5.41, 5.74) is 0.707. The second-order valence-corrected chi connectivity index (χ2v) is 4.21. The van der Waals surface area contributed by atoms with Crippen LogP contribution in [0.5, 0.6) is 0 Å². The van der Waals surface area contributed by atoms with Crippen LogP contribution in [-0.2, 0) is 0 Å². The van der Waals surface area contributed by atoms with Crippen LogP contribution >= 0.6 is 27.5 Å². The molecule has 0 aliphatic rings. The topological polar surface area (TPSA) is 45.8 Å². The third-order valence-corrected chi connectivity index (χ3v) is 2.70. The average molecular weight is 286 g/mol. The van der Waals surface area contributed by atoms with Gasteiger partial charge in [0.25, 0.3) is 5.56 Å². The molecule has 0 spiro atoms. The van der Waals surface area contributed by atoms with E-state index in [-0.39, 0.29) is 5.56 Å². The molecule has 76 valence electrons. The first-order valence-electron chi connectivity index (χ1n) is 4.17. The minimum atomic E-state index is -0.248. The number of nitrogens with zero attached hydrogens (tertiary/aromatic N) is 1. The SMILES string of the molecule is O=c1[nH]ccnc1-c1ccc(Br)cc1Cl. The number of hydrogen-bond donors (Lipinski definition) is 1. The van der Waals surface area contributed by atoms with E-state index in [0.717, 1.165) is 4.47 Å². The molecule has 2 aromatic rings. The van der Waals surface area contributed by atoms with Gasteiger partial charge < -0.3 is 4.98 Å². The molecular formula is C10H6BrClN2O. The summed E-state index contributed by atoms with van der Waals surface area (Å²) in [5, 5.41) is 0.494. The molecule has 2 rings (SSSR count). The molecule has 0 bridgehead atoms. The van der Waals surface area contributed by atoms with Gasteiger partial charge in [-0.05, 0) is 18.2 Å². The first kappa shape index (κ1) is 10.4. The molecule has 0 saturated heterocycles. The van der Waals surface area contributed by atoms with Gasteiger partial charge in [0.2, 0.25) is 0 Å². The van der Waals surface area contributed by atoms with Crippen molar-refractivity contribution >= 4 is 27.5 Å². The van der Waals surface area contributed by atoms with Gasteiger partial charge in [0.1, 0.15) is 5.69 Å². The molecular weight excluding hydrogens is 279 g/mol. The standard InChI is InChI=1S/C10H6BrClN2O/c11-6-1-2-7(8(12)5-6)9-10(15)14-4-3-13-9/h1-5H,(H,14,15). The summed E-state index contributed by atoms with van der Waals surface area (Å²) in [5.74, 6) is 0. The first-order chi connectivity index (χ1) is 7.18. The van der Waals surface area contributed by atoms with E-state index in [1.54, 1.807) is 12.1 Å². The van der Waals surface area contributed by atoms with Crippen molar-refractivity contribution in [3.05, 3.63) is 50.4 Å². The van der Waals surface area contributed by atoms with E-state index in [4.69, 9.17) is 11.6 Å². The van der Waals surface area contributed by atoms with Gasteiger partial charge in [0, 0.05) is 22.4 Å². The van der Waals surface area contributed by atoms with Crippen molar-refractivity contribution < 1.29 is 0 Å². The van der Waals surface area contributed by atoms with E-state index in [2.05, 4.69) is 25.9 Å². The maximum absolute atomic E-state index is 11.5. The number of nitrogens with one attached hydrogen (secondary N) is 1. The summed E-state index contributed by atoms with van der Waals surface area (Å²) in [6, 6.07) is 5.30. The number of aromatic amines is 1. The van der Waals surface area contributed by atoms with Crippen LogP contribution < -0.4 is 5.56 Å². The van der Waals surface area contributed by atoms with Gasteiger partial charge in [-0.3, -0.25) is 4.79 Å². The van der Waals surface area contributed by atoms with Gasteiger partial charge in [-0.1, -0.05) is 27.5 Å². The number of hydrogen-bond acceptors (Lipinski definition) is 2. The van der Waals surface area contributed by atoms with Gasteiger partial charge in [-0.15, -0.1) is 0 Å². The smallest absolute Gasteiger partial charge is 0.274 e. The Hall–Kier alpha value is -1.13. The second-order valence-electron chi connectivity index (χ2n) is 2.89. The Morgan fingerprint density at radius 3 is 2.87 bits per heavy atom. The molecule has 1 aromatic carbocycles. The van der Waals surface area contributed by atoms with Crippen LogP contribution in [0.15, 0.2) is 39.9 Å². The van der Waals surface area contributed by atoms with Gasteiger partial charge in [0.05, 0.1) is 5.02 Å². The summed E-state index contributed by atoms with van der Waals surface area (Å²) in [6.45, 7) is 0. The van der Waals surface area contributed by atoms with E-state index < -0.39 is 0 Å². The molecule has 1 heterocycles. The van der Waals surface area contributed by atoms with E-state index in [0.29, 0.717) is 16.3 Å². The number of H-pyrrole nitrogens is 1. The Morgan fingerprint density at radius 2 is 2.20 bits per heavy atom. The Bertz CT molecular complexity index is 553. The summed E-state index contributed by atoms with van der Waals surface area (Å²) in [4.78, 5) is 18.0. The fourth-order valence-electron chi connectivity index (χ4n) is 1.23. The van der Waals surface area contributed by atoms with Gasteiger partial charge in [0.15, 0.2) is 0 Å². The highest BCUT2D eigenvalue weighted by Crippen LogP contribution is 2.27. The number of aromatic nitrogens is 2. The lowest BCUT2D eigenvalue weighted by Gasteiger charge is -2.02. The lowest BCUT2D eigenvalue weighted by Crippen LogP contribution is -2.09. The maximum Gasteiger partial charge on any atom is 0.274 e. The van der Waals surface area contributed by atoms with Crippen LogP contribution in [-0.4, -0.2) is 9.97 Å². The number of benzene rings is 1. The van der Waals surface area contributed by atoms with Crippen LogP contribution in [0.2, 0.25) is 5.02 Å². The van der Waals surface area contributed by atoms with Crippen molar-refractivity contribution in [1.29, 1.82) is 0 Å². The van der Waals surface area contributed by atoms with Gasteiger partial charge in [-0.25, -0.2) is 4.98 Å². The van der Waals surface area contributed by atoms with Gasteiger partial charge >= 0.3 is 0 Å². The highest BCUT2D eigenvalue weighted by molar-refractivity contribution is 9.10. The Balaban J connectivity index is 2.65. The fourth-order valence-corrected chi connectivity index (χ4v) is 1.99. The van der Waals surface area contributed by atoms with Crippen molar-refractivity contribution in [2.24, 2.45) is 0 Å². The summed E-state index contributed by atoms with van der Waals surface area (Å²) in [6.07, 6.45) is 3.01. The second kappa shape index (κ2) is 4.16. The molecule has 0 saturated carbocycles. The van der Waals surface area contributed by atoms with Crippen LogP contribution in [0.3, 0.4) is 0 Å². The molecule has 0 aliphatic heterocycles. The van der Waals surface area contributed by atoms with Crippen molar-refractivity contribution in [3.63, 3.8) is 0 Å². The monoisotopic (exact) mass is 284 g/mol. The predicted molar refractivity (Wildman–Crippen MR) is 63.0 cm³/mol. The number of halogens is 2. The van der Waals surface area contributed by atoms with Crippen molar-refractivity contribution in [3.8, 4) is 11.3 Å². The van der Waals surface area contributed by atoms with Crippen LogP contribution in [0.25, 0.3) is 11.3 Å². The molecule has 5 heteroatoms. The Kier molecular flexibility index (Phi) is 2.88. The molecule has 0 unspecified atom stereocenters. The molecule has 0 radical (unpaired) electrons. The predicted octanol–water partition coefficient (Wildman–Crippen LogP) is 2.85. The zero-order chi connectivity index (χ0) is 10.8. The number of rotatable bonds is 1. The van der Waals surface area contributed by atoms with E-state index in [9.17, 15) is 4.79 Å². The third-order valence-electron chi connectivity index (χ3n) is 1.89. The minimum Gasteiger partial charge on any atom is -0.326 e. The molecule has 3 nitrogen and oxygen atoms in total. The molecule has 1 aromatic heterocycles. The summed E-state index contributed by atoms with van der Waals surface area (Å²) in [7, 11) is 0. The van der Waals surface area contributed by atoms with Crippen LogP contribution in [0.1, 0.15) is 0 Å². The van der Waals surface area contributed by atoms with Crippen LogP contribution in [0.4, 0.5) is 0 Å². The molecule has 15 heavy (non-hydrogen) atoms. The lowest BCUT2D eigenvalue weighted by molar-refractivity contribution is 1.14. The quantitative estimate of drug-likeness (QED) is 0.876. The third kappa shape index (κ3) is 2.11. The van der Waals surface area contributed by atoms with Gasteiger partial charge in [-0.2, -0.15) is 0 Å². The minimum absolute atomic E-state index is 0.248. The molecule has 1 N–H and O–H groups in total. The van der Waals surface area contributed by atoms with E-state index in [1.807, 2.05) is 6.07 Å². The van der Waals surface area contributed by atoms with Crippen molar-refractivity contribution in [1.82, 2.24) is 9.97 Å². The highest BCUT2D eigenvalue weighted by atomic mass is 79.9. The normalized spacial score (nSPS) is 10.3. The Labute approximate surface area is 99.3 Å². The maximum atomic E-state index is 11.5. The lowest BCUT2D eigenvalue weighted by atomic mass is 10.1. The highest BCUT2D eigenvalue weighted by Gasteiger charge is 2.08. The van der Waals surface area contributed by atoms with Crippen molar-refractivity contribution in [2.75, 3.05) is 0 Å². The van der Waals surface area contributed by atoms with E-state index in [1.165, 1.54) is 12.4 Å². The average Bonchev–Trinajstić information content (AvgIpc) is 2.20. The zero-order valence-corrected chi connectivity index (χ0v) is 9.84. The zero-order valence-electron chi connectivity index (χ0n) is 7.50. The molecule has 0 fully saturated rings. The summed E-state index contributed by atoms with van der Waals surface area (Å²) < 4.78 is 0.864.